The molecule has 0 aliphatic rings. The number of nitriles is 1. The van der Waals surface area contributed by atoms with Gasteiger partial charge in [0.1, 0.15) is 5.82 Å². The van der Waals surface area contributed by atoms with Crippen LogP contribution in [-0.4, -0.2) is 24.0 Å². The summed E-state index contributed by atoms with van der Waals surface area (Å²) in [7, 11) is -3.58. The predicted molar refractivity (Wildman–Crippen MR) is 55.6 cm³/mol. The molecule has 15 heavy (non-hydrogen) atoms. The third-order valence-corrected chi connectivity index (χ3v) is 2.70. The highest BCUT2D eigenvalue weighted by atomic mass is 32.2. The lowest BCUT2D eigenvalue weighted by atomic mass is 10.4. The van der Waals surface area contributed by atoms with Crippen molar-refractivity contribution < 1.29 is 8.42 Å². The maximum Gasteiger partial charge on any atom is 0.247 e. The zero-order chi connectivity index (χ0) is 11.5. The lowest BCUT2D eigenvalue weighted by Crippen LogP contribution is -2.19. The van der Waals surface area contributed by atoms with E-state index >= 15 is 0 Å². The van der Waals surface area contributed by atoms with Gasteiger partial charge in [0.05, 0.1) is 12.3 Å². The van der Waals surface area contributed by atoms with Gasteiger partial charge in [-0.05, 0) is 13.8 Å². The van der Waals surface area contributed by atoms with E-state index in [1.165, 1.54) is 10.9 Å². The van der Waals surface area contributed by atoms with E-state index in [1.807, 2.05) is 13.8 Å². The van der Waals surface area contributed by atoms with Crippen LogP contribution in [0.1, 0.15) is 19.9 Å². The molecule has 7 heteroatoms. The average molecular weight is 228 g/mol. The highest BCUT2D eigenvalue weighted by Crippen LogP contribution is 2.14. The van der Waals surface area contributed by atoms with Crippen LogP contribution in [-0.2, 0) is 10.0 Å². The Balaban J connectivity index is 2.91. The Kier molecular flexibility index (Phi) is 3.31. The van der Waals surface area contributed by atoms with E-state index in [-0.39, 0.29) is 6.04 Å². The van der Waals surface area contributed by atoms with Crippen LogP contribution in [0.3, 0.4) is 0 Å². The Bertz CT molecular complexity index is 469. The van der Waals surface area contributed by atoms with Crippen LogP contribution in [0.2, 0.25) is 0 Å². The van der Waals surface area contributed by atoms with Crippen molar-refractivity contribution in [3.63, 3.8) is 0 Å². The van der Waals surface area contributed by atoms with Gasteiger partial charge in [0.15, 0.2) is 5.75 Å². The molecule has 0 saturated carbocycles. The van der Waals surface area contributed by atoms with E-state index in [1.54, 1.807) is 12.1 Å². The van der Waals surface area contributed by atoms with Crippen molar-refractivity contribution in [3.8, 4) is 6.07 Å². The van der Waals surface area contributed by atoms with Crippen molar-refractivity contribution in [3.05, 3.63) is 12.3 Å². The van der Waals surface area contributed by atoms with Crippen molar-refractivity contribution in [2.75, 3.05) is 10.5 Å². The lowest BCUT2D eigenvalue weighted by molar-refractivity contribution is 0.539. The summed E-state index contributed by atoms with van der Waals surface area (Å²) in [5.74, 6) is -0.184. The highest BCUT2D eigenvalue weighted by Gasteiger charge is 2.13. The van der Waals surface area contributed by atoms with Crippen molar-refractivity contribution in [2.45, 2.75) is 19.9 Å². The second-order valence-corrected chi connectivity index (χ2v) is 5.00. The normalized spacial score (nSPS) is 11.3. The van der Waals surface area contributed by atoms with Crippen LogP contribution in [0, 0.1) is 11.3 Å². The smallest absolute Gasteiger partial charge is 0.247 e. The number of sulfonamides is 1. The number of hydrogen-bond donors (Lipinski definition) is 1. The molecule has 0 aliphatic heterocycles. The third kappa shape index (κ3) is 2.95. The van der Waals surface area contributed by atoms with E-state index in [9.17, 15) is 8.42 Å². The SMILES string of the molecule is CC(C)n1nccc1NS(=O)(=O)CC#N. The number of anilines is 1. The Labute approximate surface area is 88.6 Å². The largest absolute Gasteiger partial charge is 0.267 e. The number of hydrogen-bond acceptors (Lipinski definition) is 4. The van der Waals surface area contributed by atoms with Gasteiger partial charge in [0, 0.05) is 12.1 Å². The molecule has 0 radical (unpaired) electrons. The molecule has 0 fully saturated rings. The van der Waals surface area contributed by atoms with E-state index in [4.69, 9.17) is 5.26 Å². The maximum atomic E-state index is 11.3. The second kappa shape index (κ2) is 4.31. The first-order valence-corrected chi connectivity index (χ1v) is 6.02. The van der Waals surface area contributed by atoms with Gasteiger partial charge in [0.2, 0.25) is 10.0 Å². The first kappa shape index (κ1) is 11.5. The Morgan fingerprint density at radius 3 is 2.87 bits per heavy atom. The van der Waals surface area contributed by atoms with Crippen LogP contribution < -0.4 is 4.72 Å². The van der Waals surface area contributed by atoms with Crippen LogP contribution in [0.25, 0.3) is 0 Å². The minimum Gasteiger partial charge on any atom is -0.267 e. The molecule has 0 aliphatic carbocycles. The second-order valence-electron chi connectivity index (χ2n) is 3.27. The number of nitrogens with zero attached hydrogens (tertiary/aromatic N) is 3. The molecule has 0 aromatic carbocycles. The standard InChI is InChI=1S/C8H12N4O2S/c1-7(2)12-8(3-5-10-12)11-15(13,14)6-4-9/h3,5,7,11H,6H2,1-2H3. The molecule has 6 nitrogen and oxygen atoms in total. The van der Waals surface area contributed by atoms with Crippen molar-refractivity contribution >= 4 is 15.8 Å². The third-order valence-electron chi connectivity index (χ3n) is 1.67. The summed E-state index contributed by atoms with van der Waals surface area (Å²) in [6, 6.07) is 3.19. The van der Waals surface area contributed by atoms with Crippen molar-refractivity contribution in [1.82, 2.24) is 9.78 Å². The molecular weight excluding hydrogens is 216 g/mol. The fourth-order valence-corrected chi connectivity index (χ4v) is 1.81. The zero-order valence-electron chi connectivity index (χ0n) is 8.51. The minimum absolute atomic E-state index is 0.0554. The zero-order valence-corrected chi connectivity index (χ0v) is 9.32. The molecule has 0 bridgehead atoms. The molecule has 1 aromatic heterocycles. The van der Waals surface area contributed by atoms with Crippen LogP contribution in [0.15, 0.2) is 12.3 Å². The van der Waals surface area contributed by atoms with Crippen LogP contribution in [0.4, 0.5) is 5.82 Å². The van der Waals surface area contributed by atoms with Gasteiger partial charge in [-0.15, -0.1) is 0 Å². The Morgan fingerprint density at radius 1 is 1.67 bits per heavy atom. The van der Waals surface area contributed by atoms with Gasteiger partial charge < -0.3 is 0 Å². The Hall–Kier alpha value is -1.55. The first-order valence-electron chi connectivity index (χ1n) is 4.37. The molecule has 0 saturated heterocycles. The van der Waals surface area contributed by atoms with Gasteiger partial charge in [-0.1, -0.05) is 0 Å². The molecule has 0 unspecified atom stereocenters. The molecule has 1 N–H and O–H groups in total. The Morgan fingerprint density at radius 2 is 2.33 bits per heavy atom. The molecule has 0 amide bonds. The summed E-state index contributed by atoms with van der Waals surface area (Å²) in [6.07, 6.45) is 1.50. The molecule has 82 valence electrons. The summed E-state index contributed by atoms with van der Waals surface area (Å²) in [5, 5.41) is 12.3. The van der Waals surface area contributed by atoms with Crippen molar-refractivity contribution in [1.29, 1.82) is 5.26 Å². The topological polar surface area (TPSA) is 87.8 Å². The van der Waals surface area contributed by atoms with E-state index in [2.05, 4.69) is 9.82 Å². The summed E-state index contributed by atoms with van der Waals surface area (Å²) in [6.45, 7) is 3.77. The summed E-state index contributed by atoms with van der Waals surface area (Å²) < 4.78 is 26.4. The number of aromatic nitrogens is 2. The van der Waals surface area contributed by atoms with Crippen LogP contribution >= 0.6 is 0 Å². The fourth-order valence-electron chi connectivity index (χ4n) is 1.09. The highest BCUT2D eigenvalue weighted by molar-refractivity contribution is 7.92. The fraction of sp³-hybridized carbons (Fsp3) is 0.500. The quantitative estimate of drug-likeness (QED) is 0.822. The van der Waals surface area contributed by atoms with E-state index in [0.717, 1.165) is 0 Å². The van der Waals surface area contributed by atoms with E-state index < -0.39 is 15.8 Å². The lowest BCUT2D eigenvalue weighted by Gasteiger charge is -2.11. The molecular formula is C8H12N4O2S. The molecule has 0 atom stereocenters. The summed E-state index contributed by atoms with van der Waals surface area (Å²) in [5.41, 5.74) is 0. The first-order chi connectivity index (χ1) is 6.96. The van der Waals surface area contributed by atoms with Gasteiger partial charge in [-0.3, -0.25) is 4.72 Å². The molecule has 1 heterocycles. The van der Waals surface area contributed by atoms with Gasteiger partial charge >= 0.3 is 0 Å². The minimum atomic E-state index is -3.58. The number of nitrogens with one attached hydrogen (secondary N) is 1. The van der Waals surface area contributed by atoms with E-state index in [0.29, 0.717) is 5.82 Å². The monoisotopic (exact) mass is 228 g/mol. The average Bonchev–Trinajstić information content (AvgIpc) is 2.50. The van der Waals surface area contributed by atoms with Gasteiger partial charge in [-0.2, -0.15) is 10.4 Å². The predicted octanol–water partition coefficient (Wildman–Crippen LogP) is 0.729. The summed E-state index contributed by atoms with van der Waals surface area (Å²) in [4.78, 5) is 0. The molecule has 1 aromatic rings. The molecule has 1 rings (SSSR count). The number of rotatable bonds is 4. The molecule has 0 spiro atoms. The maximum absolute atomic E-state index is 11.3. The summed E-state index contributed by atoms with van der Waals surface area (Å²) >= 11 is 0. The van der Waals surface area contributed by atoms with Crippen molar-refractivity contribution in [2.24, 2.45) is 0 Å². The van der Waals surface area contributed by atoms with Gasteiger partial charge in [-0.25, -0.2) is 13.1 Å². The van der Waals surface area contributed by atoms with Gasteiger partial charge in [0.25, 0.3) is 0 Å². The van der Waals surface area contributed by atoms with Crippen LogP contribution in [0.5, 0.6) is 0 Å².